The molecule has 0 atom stereocenters. The average molecular weight is 502 g/mol. The zero-order valence-electron chi connectivity index (χ0n) is 18.1. The molecular formula is C23H20F6N2O4. The second-order valence-electron chi connectivity index (χ2n) is 7.74. The fourth-order valence-electron chi connectivity index (χ4n) is 3.57. The lowest BCUT2D eigenvalue weighted by atomic mass is 10.1. The highest BCUT2D eigenvalue weighted by atomic mass is 19.4. The molecule has 35 heavy (non-hydrogen) atoms. The van der Waals surface area contributed by atoms with Gasteiger partial charge in [0.2, 0.25) is 11.6 Å². The molecule has 0 aliphatic carbocycles. The zero-order valence-corrected chi connectivity index (χ0v) is 18.1. The number of aliphatic hydroxyl groups excluding tert-OH is 1. The standard InChI is InChI=1S/C23H20F6N2O4/c24-17-10-15(18(25)21(19(17)26)35-23(27,28)29)20(32)16(22(33)34)11-30-14-6-4-5-13(9-14)12-31-7-2-1-3-8-31/h4-6,9-11,32H,1-3,7-8,12H2,(H,33,34). The molecule has 0 unspecified atom stereocenters. The van der Waals surface area contributed by atoms with Gasteiger partial charge in [0.1, 0.15) is 11.3 Å². The summed E-state index contributed by atoms with van der Waals surface area (Å²) in [6.45, 7) is 2.51. The van der Waals surface area contributed by atoms with Crippen molar-refractivity contribution in [1.29, 1.82) is 0 Å². The largest absolute Gasteiger partial charge is 0.573 e. The number of alkyl halides is 3. The molecule has 188 valence electrons. The topological polar surface area (TPSA) is 82.4 Å². The molecule has 1 aliphatic heterocycles. The van der Waals surface area contributed by atoms with Crippen LogP contribution >= 0.6 is 0 Å². The van der Waals surface area contributed by atoms with E-state index in [0.29, 0.717) is 12.8 Å². The highest BCUT2D eigenvalue weighted by molar-refractivity contribution is 6.14. The summed E-state index contributed by atoms with van der Waals surface area (Å²) >= 11 is 0. The number of carboxylic acid groups (broad SMARTS) is 1. The van der Waals surface area contributed by atoms with Crippen LogP contribution in [0.3, 0.4) is 0 Å². The fraction of sp³-hybridized carbons (Fsp3) is 0.304. The minimum atomic E-state index is -5.58. The molecule has 2 N–H and O–H groups in total. The van der Waals surface area contributed by atoms with Gasteiger partial charge in [-0.2, -0.15) is 4.39 Å². The van der Waals surface area contributed by atoms with E-state index >= 15 is 0 Å². The molecule has 0 amide bonds. The lowest BCUT2D eigenvalue weighted by Gasteiger charge is -2.26. The molecule has 3 rings (SSSR count). The number of hydrogen-bond acceptors (Lipinski definition) is 5. The number of carbonyl (C=O) groups is 1. The predicted molar refractivity (Wildman–Crippen MR) is 114 cm³/mol. The molecule has 0 radical (unpaired) electrons. The summed E-state index contributed by atoms with van der Waals surface area (Å²) in [5, 5.41) is 19.7. The smallest absolute Gasteiger partial charge is 0.506 e. The predicted octanol–water partition coefficient (Wildman–Crippen LogP) is 5.74. The van der Waals surface area contributed by atoms with Gasteiger partial charge >= 0.3 is 12.3 Å². The molecule has 0 spiro atoms. The molecule has 1 aliphatic rings. The number of rotatable bonds is 7. The van der Waals surface area contributed by atoms with Crippen molar-refractivity contribution in [3.8, 4) is 5.75 Å². The van der Waals surface area contributed by atoms with Gasteiger partial charge in [0, 0.05) is 12.8 Å². The van der Waals surface area contributed by atoms with Crippen LogP contribution in [-0.4, -0.2) is 46.7 Å². The number of ether oxygens (including phenoxy) is 1. The van der Waals surface area contributed by atoms with Gasteiger partial charge in [-0.15, -0.1) is 13.2 Å². The maximum atomic E-state index is 14.5. The summed E-state index contributed by atoms with van der Waals surface area (Å²) < 4.78 is 82.6. The Kier molecular flexibility index (Phi) is 8.05. The number of aliphatic hydroxyl groups is 1. The van der Waals surface area contributed by atoms with Gasteiger partial charge in [-0.25, -0.2) is 13.6 Å². The van der Waals surface area contributed by atoms with E-state index in [1.807, 2.05) is 6.07 Å². The SMILES string of the molecule is O=C(O)C(C=Nc1cccc(CN2CCCCC2)c1)=C(O)c1cc(F)c(F)c(OC(F)(F)F)c1F. The summed E-state index contributed by atoms with van der Waals surface area (Å²) in [5.74, 6) is -11.9. The van der Waals surface area contributed by atoms with Crippen LogP contribution in [0.1, 0.15) is 30.4 Å². The Morgan fingerprint density at radius 3 is 2.37 bits per heavy atom. The van der Waals surface area contributed by atoms with Crippen molar-refractivity contribution in [1.82, 2.24) is 4.90 Å². The third kappa shape index (κ3) is 6.75. The first-order valence-electron chi connectivity index (χ1n) is 10.4. The molecule has 0 bridgehead atoms. The fourth-order valence-corrected chi connectivity index (χ4v) is 3.57. The Morgan fingerprint density at radius 1 is 1.06 bits per heavy atom. The summed E-state index contributed by atoms with van der Waals surface area (Å²) in [6, 6.07) is 6.72. The Labute approximate surface area is 195 Å². The summed E-state index contributed by atoms with van der Waals surface area (Å²) in [4.78, 5) is 17.8. The lowest BCUT2D eigenvalue weighted by Crippen LogP contribution is -2.28. The molecule has 0 saturated carbocycles. The van der Waals surface area contributed by atoms with Crippen LogP contribution in [0, 0.1) is 17.5 Å². The van der Waals surface area contributed by atoms with E-state index in [1.165, 1.54) is 6.07 Å². The average Bonchev–Trinajstić information content (AvgIpc) is 2.79. The van der Waals surface area contributed by atoms with Crippen LogP contribution < -0.4 is 4.74 Å². The van der Waals surface area contributed by atoms with Crippen LogP contribution in [0.15, 0.2) is 40.9 Å². The van der Waals surface area contributed by atoms with Gasteiger partial charge in [-0.3, -0.25) is 9.89 Å². The van der Waals surface area contributed by atoms with E-state index in [2.05, 4.69) is 14.6 Å². The Hall–Kier alpha value is -3.54. The molecule has 0 aromatic heterocycles. The third-order valence-corrected chi connectivity index (χ3v) is 5.18. The Morgan fingerprint density at radius 2 is 1.74 bits per heavy atom. The summed E-state index contributed by atoms with van der Waals surface area (Å²) in [7, 11) is 0. The van der Waals surface area contributed by atoms with Crippen molar-refractivity contribution in [2.24, 2.45) is 4.99 Å². The molecule has 2 aromatic rings. The van der Waals surface area contributed by atoms with Gasteiger partial charge in [0.15, 0.2) is 11.6 Å². The number of hydrogen-bond donors (Lipinski definition) is 2. The molecule has 12 heteroatoms. The highest BCUT2D eigenvalue weighted by Crippen LogP contribution is 2.34. The summed E-state index contributed by atoms with van der Waals surface area (Å²) in [5.41, 5.74) is -1.27. The first-order chi connectivity index (χ1) is 16.5. The number of benzene rings is 2. The molecular weight excluding hydrogens is 482 g/mol. The number of aliphatic imine (C=N–C) groups is 1. The van der Waals surface area contributed by atoms with Gasteiger partial charge in [-0.1, -0.05) is 18.6 Å². The number of piperidine rings is 1. The Bertz CT molecular complexity index is 1160. The van der Waals surface area contributed by atoms with Gasteiger partial charge in [0.25, 0.3) is 0 Å². The monoisotopic (exact) mass is 502 g/mol. The van der Waals surface area contributed by atoms with E-state index in [1.54, 1.807) is 12.1 Å². The lowest BCUT2D eigenvalue weighted by molar-refractivity contribution is -0.276. The minimum absolute atomic E-state index is 0.0132. The molecule has 2 aromatic carbocycles. The van der Waals surface area contributed by atoms with Gasteiger partial charge in [0.05, 0.1) is 11.3 Å². The number of nitrogens with zero attached hydrogens (tertiary/aromatic N) is 2. The van der Waals surface area contributed by atoms with Crippen molar-refractivity contribution in [3.63, 3.8) is 0 Å². The number of halogens is 6. The molecule has 1 saturated heterocycles. The highest BCUT2D eigenvalue weighted by Gasteiger charge is 2.36. The van der Waals surface area contributed by atoms with E-state index in [4.69, 9.17) is 0 Å². The van der Waals surface area contributed by atoms with E-state index in [9.17, 15) is 41.4 Å². The molecule has 1 heterocycles. The van der Waals surface area contributed by atoms with E-state index in [-0.39, 0.29) is 11.8 Å². The van der Waals surface area contributed by atoms with Gasteiger partial charge in [-0.05, 0) is 49.7 Å². The number of carboxylic acids is 1. The van der Waals surface area contributed by atoms with Gasteiger partial charge < -0.3 is 14.9 Å². The van der Waals surface area contributed by atoms with Crippen molar-refractivity contribution in [3.05, 3.63) is 64.5 Å². The van der Waals surface area contributed by atoms with E-state index in [0.717, 1.165) is 37.9 Å². The second-order valence-corrected chi connectivity index (χ2v) is 7.74. The quantitative estimate of drug-likeness (QED) is 0.166. The summed E-state index contributed by atoms with van der Waals surface area (Å²) in [6.07, 6.45) is -1.62. The van der Waals surface area contributed by atoms with Crippen LogP contribution in [0.25, 0.3) is 5.76 Å². The Balaban J connectivity index is 1.95. The number of aliphatic carboxylic acids is 1. The third-order valence-electron chi connectivity index (χ3n) is 5.18. The van der Waals surface area contributed by atoms with Crippen LogP contribution in [0.2, 0.25) is 0 Å². The number of likely N-dealkylation sites (tertiary alicyclic amines) is 1. The second kappa shape index (κ2) is 10.8. The molecule has 1 fully saturated rings. The molecule has 6 nitrogen and oxygen atoms in total. The van der Waals surface area contributed by atoms with Crippen molar-refractivity contribution in [2.45, 2.75) is 32.2 Å². The first-order valence-corrected chi connectivity index (χ1v) is 10.4. The minimum Gasteiger partial charge on any atom is -0.506 e. The normalized spacial score (nSPS) is 15.8. The van der Waals surface area contributed by atoms with Crippen molar-refractivity contribution >= 4 is 23.6 Å². The van der Waals surface area contributed by atoms with E-state index < -0.39 is 52.4 Å². The van der Waals surface area contributed by atoms with Crippen molar-refractivity contribution < 1.29 is 46.1 Å². The maximum absolute atomic E-state index is 14.5. The zero-order chi connectivity index (χ0) is 25.8. The van der Waals surface area contributed by atoms with Crippen LogP contribution in [0.5, 0.6) is 5.75 Å². The first kappa shape index (κ1) is 26.1. The maximum Gasteiger partial charge on any atom is 0.573 e. The van der Waals surface area contributed by atoms with Crippen LogP contribution in [0.4, 0.5) is 32.0 Å². The van der Waals surface area contributed by atoms with Crippen molar-refractivity contribution in [2.75, 3.05) is 13.1 Å². The van der Waals surface area contributed by atoms with Crippen LogP contribution in [-0.2, 0) is 11.3 Å².